The van der Waals surface area contributed by atoms with Gasteiger partial charge in [-0.05, 0) is 41.1 Å². The van der Waals surface area contributed by atoms with Gasteiger partial charge in [-0.2, -0.15) is 0 Å². The SMILES string of the molecule is Cc1ccc(C(=O)Cc2cc(Br)cs2)cn1. The fourth-order valence-electron chi connectivity index (χ4n) is 1.34. The van der Waals surface area contributed by atoms with Crippen LogP contribution in [0.3, 0.4) is 0 Å². The fraction of sp³-hybridized carbons (Fsp3) is 0.167. The molecule has 2 aromatic heterocycles. The van der Waals surface area contributed by atoms with Crippen LogP contribution < -0.4 is 0 Å². The summed E-state index contributed by atoms with van der Waals surface area (Å²) in [5, 5.41) is 1.98. The highest BCUT2D eigenvalue weighted by Crippen LogP contribution is 2.21. The van der Waals surface area contributed by atoms with Crippen molar-refractivity contribution in [3.05, 3.63) is 50.4 Å². The van der Waals surface area contributed by atoms with E-state index in [1.54, 1.807) is 17.5 Å². The zero-order chi connectivity index (χ0) is 11.5. The summed E-state index contributed by atoms with van der Waals surface area (Å²) in [5.74, 6) is 0.113. The van der Waals surface area contributed by atoms with E-state index in [0.29, 0.717) is 12.0 Å². The fourth-order valence-corrected chi connectivity index (χ4v) is 2.79. The lowest BCUT2D eigenvalue weighted by Crippen LogP contribution is -2.02. The Bertz CT molecular complexity index is 504. The molecule has 82 valence electrons. The van der Waals surface area contributed by atoms with Gasteiger partial charge in [0, 0.05) is 38.6 Å². The van der Waals surface area contributed by atoms with E-state index in [1.165, 1.54) is 0 Å². The van der Waals surface area contributed by atoms with Gasteiger partial charge in [0.2, 0.25) is 0 Å². The van der Waals surface area contributed by atoms with Crippen LogP contribution in [0.4, 0.5) is 0 Å². The molecule has 0 amide bonds. The molecule has 0 fully saturated rings. The number of hydrogen-bond acceptors (Lipinski definition) is 3. The quantitative estimate of drug-likeness (QED) is 0.809. The molecule has 16 heavy (non-hydrogen) atoms. The monoisotopic (exact) mass is 295 g/mol. The molecule has 0 radical (unpaired) electrons. The van der Waals surface area contributed by atoms with Crippen molar-refractivity contribution in [3.8, 4) is 0 Å². The highest BCUT2D eigenvalue weighted by Gasteiger charge is 2.08. The second kappa shape index (κ2) is 4.89. The number of thiophene rings is 1. The largest absolute Gasteiger partial charge is 0.294 e. The van der Waals surface area contributed by atoms with Gasteiger partial charge in [-0.1, -0.05) is 0 Å². The molecule has 0 N–H and O–H groups in total. The Morgan fingerprint density at radius 1 is 1.50 bits per heavy atom. The van der Waals surface area contributed by atoms with E-state index >= 15 is 0 Å². The first-order valence-corrected chi connectivity index (χ1v) is 6.51. The van der Waals surface area contributed by atoms with E-state index in [9.17, 15) is 4.79 Å². The number of Topliss-reactive ketones (excluding diaryl/α,β-unsaturated/α-hetero) is 1. The summed E-state index contributed by atoms with van der Waals surface area (Å²) in [6.45, 7) is 1.91. The van der Waals surface area contributed by atoms with Gasteiger partial charge in [-0.25, -0.2) is 0 Å². The highest BCUT2D eigenvalue weighted by atomic mass is 79.9. The van der Waals surface area contributed by atoms with Gasteiger partial charge >= 0.3 is 0 Å². The minimum Gasteiger partial charge on any atom is -0.294 e. The Morgan fingerprint density at radius 3 is 2.88 bits per heavy atom. The van der Waals surface area contributed by atoms with Crippen molar-refractivity contribution >= 4 is 33.0 Å². The van der Waals surface area contributed by atoms with Crippen LogP contribution in [0, 0.1) is 6.92 Å². The summed E-state index contributed by atoms with van der Waals surface area (Å²) in [5.41, 5.74) is 1.60. The Balaban J connectivity index is 2.11. The van der Waals surface area contributed by atoms with Crippen molar-refractivity contribution < 1.29 is 4.79 Å². The molecule has 0 bridgehead atoms. The van der Waals surface area contributed by atoms with Crippen LogP contribution in [-0.2, 0) is 6.42 Å². The number of aryl methyl sites for hydroxylation is 1. The summed E-state index contributed by atoms with van der Waals surface area (Å²) < 4.78 is 1.03. The molecule has 0 saturated heterocycles. The predicted molar refractivity (Wildman–Crippen MR) is 69.0 cm³/mol. The minimum atomic E-state index is 0.113. The molecule has 0 atom stereocenters. The van der Waals surface area contributed by atoms with Gasteiger partial charge in [0.25, 0.3) is 0 Å². The molecule has 0 saturated carbocycles. The second-order valence-electron chi connectivity index (χ2n) is 3.52. The van der Waals surface area contributed by atoms with E-state index in [4.69, 9.17) is 0 Å². The average molecular weight is 296 g/mol. The molecule has 0 unspecified atom stereocenters. The van der Waals surface area contributed by atoms with Crippen LogP contribution in [0.5, 0.6) is 0 Å². The lowest BCUT2D eigenvalue weighted by Gasteiger charge is -1.99. The van der Waals surface area contributed by atoms with Crippen LogP contribution in [-0.4, -0.2) is 10.8 Å². The van der Waals surface area contributed by atoms with Gasteiger partial charge in [-0.15, -0.1) is 11.3 Å². The molecular weight excluding hydrogens is 286 g/mol. The Kier molecular flexibility index (Phi) is 3.51. The lowest BCUT2D eigenvalue weighted by molar-refractivity contribution is 0.0993. The first-order valence-electron chi connectivity index (χ1n) is 4.84. The number of rotatable bonds is 3. The maximum atomic E-state index is 11.9. The number of carbonyl (C=O) groups excluding carboxylic acids is 1. The van der Waals surface area contributed by atoms with Crippen molar-refractivity contribution in [2.75, 3.05) is 0 Å². The van der Waals surface area contributed by atoms with E-state index < -0.39 is 0 Å². The summed E-state index contributed by atoms with van der Waals surface area (Å²) in [6.07, 6.45) is 2.08. The normalized spacial score (nSPS) is 10.4. The highest BCUT2D eigenvalue weighted by molar-refractivity contribution is 9.10. The van der Waals surface area contributed by atoms with Crippen molar-refractivity contribution in [2.24, 2.45) is 0 Å². The third-order valence-corrected chi connectivity index (χ3v) is 3.89. The van der Waals surface area contributed by atoms with Gasteiger partial charge in [0.1, 0.15) is 0 Å². The van der Waals surface area contributed by atoms with Gasteiger partial charge in [0.15, 0.2) is 5.78 Å². The average Bonchev–Trinajstić information content (AvgIpc) is 2.65. The topological polar surface area (TPSA) is 30.0 Å². The molecule has 2 heterocycles. The number of hydrogen-bond donors (Lipinski definition) is 0. The number of halogens is 1. The van der Waals surface area contributed by atoms with Crippen molar-refractivity contribution in [1.82, 2.24) is 4.98 Å². The Labute approximate surface area is 106 Å². The van der Waals surface area contributed by atoms with Crippen LogP contribution in [0.15, 0.2) is 34.2 Å². The summed E-state index contributed by atoms with van der Waals surface area (Å²) in [7, 11) is 0. The van der Waals surface area contributed by atoms with E-state index in [2.05, 4.69) is 20.9 Å². The van der Waals surface area contributed by atoms with Gasteiger partial charge in [0.05, 0.1) is 0 Å². The van der Waals surface area contributed by atoms with Crippen molar-refractivity contribution in [1.29, 1.82) is 0 Å². The number of carbonyl (C=O) groups is 1. The standard InChI is InChI=1S/C12H10BrNOS/c1-8-2-3-9(6-14-8)12(15)5-11-4-10(13)7-16-11/h2-4,6-7H,5H2,1H3. The second-order valence-corrected chi connectivity index (χ2v) is 5.43. The molecule has 2 nitrogen and oxygen atoms in total. The smallest absolute Gasteiger partial charge is 0.169 e. The molecule has 0 aromatic carbocycles. The maximum absolute atomic E-state index is 11.9. The number of aromatic nitrogens is 1. The zero-order valence-electron chi connectivity index (χ0n) is 8.74. The summed E-state index contributed by atoms with van der Waals surface area (Å²) in [6, 6.07) is 5.66. The molecule has 0 aliphatic rings. The first-order chi connectivity index (χ1) is 7.65. The van der Waals surface area contributed by atoms with Crippen LogP contribution in [0.1, 0.15) is 20.9 Å². The molecule has 0 aliphatic carbocycles. The molecule has 0 spiro atoms. The van der Waals surface area contributed by atoms with E-state index in [-0.39, 0.29) is 5.78 Å². The molecule has 2 aromatic rings. The summed E-state index contributed by atoms with van der Waals surface area (Å²) in [4.78, 5) is 17.1. The predicted octanol–water partition coefficient (Wildman–Crippen LogP) is 3.64. The molecule has 0 aliphatic heterocycles. The van der Waals surface area contributed by atoms with Crippen LogP contribution in [0.2, 0.25) is 0 Å². The Hall–Kier alpha value is -1.00. The lowest BCUT2D eigenvalue weighted by atomic mass is 10.1. The van der Waals surface area contributed by atoms with E-state index in [0.717, 1.165) is 15.0 Å². The first kappa shape index (κ1) is 11.5. The Morgan fingerprint density at radius 2 is 2.31 bits per heavy atom. The number of nitrogens with zero attached hydrogens (tertiary/aromatic N) is 1. The molecule has 2 rings (SSSR count). The zero-order valence-corrected chi connectivity index (χ0v) is 11.1. The summed E-state index contributed by atoms with van der Waals surface area (Å²) >= 11 is 4.96. The number of pyridine rings is 1. The third-order valence-electron chi connectivity index (χ3n) is 2.19. The van der Waals surface area contributed by atoms with Crippen LogP contribution >= 0.6 is 27.3 Å². The minimum absolute atomic E-state index is 0.113. The van der Waals surface area contributed by atoms with Gasteiger partial charge in [-0.3, -0.25) is 9.78 Å². The molecule has 4 heteroatoms. The maximum Gasteiger partial charge on any atom is 0.169 e. The third kappa shape index (κ3) is 2.77. The van der Waals surface area contributed by atoms with E-state index in [1.807, 2.05) is 30.5 Å². The molecular formula is C12H10BrNOS. The van der Waals surface area contributed by atoms with Crippen LogP contribution in [0.25, 0.3) is 0 Å². The van der Waals surface area contributed by atoms with Gasteiger partial charge < -0.3 is 0 Å². The van der Waals surface area contributed by atoms with Crippen molar-refractivity contribution in [3.63, 3.8) is 0 Å². The number of ketones is 1. The van der Waals surface area contributed by atoms with Crippen molar-refractivity contribution in [2.45, 2.75) is 13.3 Å².